The molecule has 0 bridgehead atoms. The van der Waals surface area contributed by atoms with Crippen LogP contribution < -0.4 is 0 Å². The predicted octanol–water partition coefficient (Wildman–Crippen LogP) is 11.2. The average molecular weight is 1050 g/mol. The molecule has 0 aromatic rings. The number of carbonyl (C=O) groups is 1. The largest absolute Gasteiger partial charge is 0.457 e. The van der Waals surface area contributed by atoms with E-state index in [-0.39, 0.29) is 25.6 Å². The molecular formula is C59H114O14. The van der Waals surface area contributed by atoms with Crippen LogP contribution in [0.25, 0.3) is 0 Å². The van der Waals surface area contributed by atoms with Gasteiger partial charge in [0, 0.05) is 13.0 Å². The third kappa shape index (κ3) is 33.8. The van der Waals surface area contributed by atoms with Crippen LogP contribution in [0.5, 0.6) is 0 Å². The van der Waals surface area contributed by atoms with Crippen molar-refractivity contribution in [1.82, 2.24) is 0 Å². The van der Waals surface area contributed by atoms with E-state index in [0.717, 1.165) is 44.9 Å². The van der Waals surface area contributed by atoms with Gasteiger partial charge in [0.15, 0.2) is 12.6 Å². The first-order chi connectivity index (χ1) is 35.6. The summed E-state index contributed by atoms with van der Waals surface area (Å²) in [4.78, 5) is 13.1. The first-order valence-corrected chi connectivity index (χ1v) is 30.6. The lowest BCUT2D eigenvalue weighted by Gasteiger charge is -2.42. The molecule has 0 aliphatic carbocycles. The van der Waals surface area contributed by atoms with Crippen molar-refractivity contribution in [2.75, 3.05) is 33.0 Å². The van der Waals surface area contributed by atoms with Crippen molar-refractivity contribution in [2.45, 2.75) is 338 Å². The summed E-state index contributed by atoms with van der Waals surface area (Å²) < 4.78 is 34.5. The molecule has 0 radical (unpaired) electrons. The number of unbranched alkanes of at least 4 members (excludes halogenated alkanes) is 37. The van der Waals surface area contributed by atoms with E-state index in [1.165, 1.54) is 205 Å². The van der Waals surface area contributed by atoms with E-state index >= 15 is 0 Å². The minimum Gasteiger partial charge on any atom is -0.457 e. The Hall–Kier alpha value is -1.01. The van der Waals surface area contributed by atoms with Gasteiger partial charge in [-0.15, -0.1) is 0 Å². The van der Waals surface area contributed by atoms with Crippen LogP contribution in [0.4, 0.5) is 0 Å². The van der Waals surface area contributed by atoms with Gasteiger partial charge < -0.3 is 64.2 Å². The molecule has 434 valence electrons. The summed E-state index contributed by atoms with van der Waals surface area (Å²) in [6, 6.07) is 0. The molecule has 11 atom stereocenters. The monoisotopic (exact) mass is 1050 g/mol. The zero-order valence-corrected chi connectivity index (χ0v) is 46.7. The molecule has 0 spiro atoms. The number of aliphatic hydroxyl groups excluding tert-OH is 7. The van der Waals surface area contributed by atoms with Gasteiger partial charge >= 0.3 is 5.97 Å². The van der Waals surface area contributed by atoms with Gasteiger partial charge in [0.2, 0.25) is 0 Å². The number of aliphatic hydroxyl groups is 7. The average Bonchev–Trinajstić information content (AvgIpc) is 3.39. The highest BCUT2D eigenvalue weighted by Crippen LogP contribution is 2.27. The fraction of sp³-hybridized carbons (Fsp3) is 0.983. The van der Waals surface area contributed by atoms with Crippen LogP contribution in [0, 0.1) is 0 Å². The molecule has 14 nitrogen and oxygen atoms in total. The summed E-state index contributed by atoms with van der Waals surface area (Å²) in [5.74, 6) is -0.367. The van der Waals surface area contributed by atoms with Crippen molar-refractivity contribution in [2.24, 2.45) is 0 Å². The second-order valence-corrected chi connectivity index (χ2v) is 21.9. The maximum atomic E-state index is 13.1. The molecule has 11 unspecified atom stereocenters. The lowest BCUT2D eigenvalue weighted by molar-refractivity contribution is -0.332. The number of hydrogen-bond acceptors (Lipinski definition) is 14. The minimum absolute atomic E-state index is 0.0711. The fourth-order valence-electron chi connectivity index (χ4n) is 10.2. The Morgan fingerprint density at radius 2 is 0.726 bits per heavy atom. The standard InChI is InChI=1S/C59H114O14/c1-3-5-7-9-11-13-15-17-19-21-22-23-24-25-27-29-31-33-35-37-39-41-43-68-45-48(71-51(61)42-40-38-36-34-32-30-28-26-20-18-16-14-12-10-8-6-4-2)46-69-58-57(67)55(65)53(63)50(73-58)47-70-59-56(66)54(64)52(62)49(44-60)72-59/h48-50,52-60,62-67H,3-47H2,1-2H3. The number of esters is 1. The van der Waals surface area contributed by atoms with E-state index < -0.39 is 80.7 Å². The van der Waals surface area contributed by atoms with E-state index in [4.69, 9.17) is 28.4 Å². The Morgan fingerprint density at radius 1 is 0.397 bits per heavy atom. The van der Waals surface area contributed by atoms with Crippen molar-refractivity contribution < 1.29 is 69.0 Å². The first kappa shape index (κ1) is 68.1. The number of rotatable bonds is 51. The van der Waals surface area contributed by atoms with Crippen LogP contribution in [0.3, 0.4) is 0 Å². The van der Waals surface area contributed by atoms with Gasteiger partial charge in [0.05, 0.1) is 26.4 Å². The van der Waals surface area contributed by atoms with Crippen LogP contribution in [-0.4, -0.2) is 142 Å². The van der Waals surface area contributed by atoms with Crippen molar-refractivity contribution in [1.29, 1.82) is 0 Å². The maximum Gasteiger partial charge on any atom is 0.306 e. The summed E-state index contributed by atoms with van der Waals surface area (Å²) >= 11 is 0. The predicted molar refractivity (Wildman–Crippen MR) is 289 cm³/mol. The second-order valence-electron chi connectivity index (χ2n) is 21.9. The molecule has 2 aliphatic heterocycles. The normalized spacial score (nSPS) is 24.8. The third-order valence-corrected chi connectivity index (χ3v) is 15.1. The minimum atomic E-state index is -1.70. The lowest BCUT2D eigenvalue weighted by Crippen LogP contribution is -2.61. The van der Waals surface area contributed by atoms with Gasteiger partial charge in [-0.3, -0.25) is 4.79 Å². The SMILES string of the molecule is CCCCCCCCCCCCCCCCCCCCCCCCOCC(COC1OC(COC2OC(CO)C(O)C(O)C2O)C(O)C(O)C1O)OC(=O)CCCCCCCCCCCCCCCCCCC. The number of carbonyl (C=O) groups excluding carboxylic acids is 1. The van der Waals surface area contributed by atoms with Crippen molar-refractivity contribution >= 4 is 5.97 Å². The summed E-state index contributed by atoms with van der Waals surface area (Å²) in [6.45, 7) is 3.77. The highest BCUT2D eigenvalue weighted by Gasteiger charge is 2.47. The quantitative estimate of drug-likeness (QED) is 0.0223. The van der Waals surface area contributed by atoms with Gasteiger partial charge in [-0.05, 0) is 12.8 Å². The number of hydrogen-bond donors (Lipinski definition) is 7. The third-order valence-electron chi connectivity index (χ3n) is 15.1. The first-order valence-electron chi connectivity index (χ1n) is 30.6. The smallest absolute Gasteiger partial charge is 0.306 e. The van der Waals surface area contributed by atoms with E-state index in [1.54, 1.807) is 0 Å². The van der Waals surface area contributed by atoms with E-state index in [1.807, 2.05) is 0 Å². The molecule has 73 heavy (non-hydrogen) atoms. The van der Waals surface area contributed by atoms with Crippen LogP contribution in [0.1, 0.15) is 271 Å². The van der Waals surface area contributed by atoms with Crippen molar-refractivity contribution in [3.05, 3.63) is 0 Å². The molecule has 0 aromatic heterocycles. The van der Waals surface area contributed by atoms with Gasteiger partial charge in [-0.2, -0.15) is 0 Å². The van der Waals surface area contributed by atoms with E-state index in [9.17, 15) is 40.5 Å². The highest BCUT2D eigenvalue weighted by molar-refractivity contribution is 5.69. The Kier molecular flexibility index (Phi) is 43.9. The van der Waals surface area contributed by atoms with E-state index in [0.29, 0.717) is 6.61 Å². The molecule has 0 saturated carbocycles. The summed E-state index contributed by atoms with van der Waals surface area (Å²) in [5.41, 5.74) is 0. The lowest BCUT2D eigenvalue weighted by atomic mass is 9.98. The molecule has 2 saturated heterocycles. The Morgan fingerprint density at radius 3 is 1.11 bits per heavy atom. The molecule has 14 heteroatoms. The summed E-state index contributed by atoms with van der Waals surface area (Å²) in [6.07, 6.45) is 34.5. The van der Waals surface area contributed by atoms with E-state index in [2.05, 4.69) is 13.8 Å². The van der Waals surface area contributed by atoms with Crippen LogP contribution in [-0.2, 0) is 33.2 Å². The highest BCUT2D eigenvalue weighted by atomic mass is 16.7. The zero-order valence-electron chi connectivity index (χ0n) is 46.7. The zero-order chi connectivity index (χ0) is 53.0. The Balaban J connectivity index is 1.68. The second kappa shape index (κ2) is 47.0. The molecule has 2 rings (SSSR count). The van der Waals surface area contributed by atoms with Gasteiger partial charge in [0.25, 0.3) is 0 Å². The van der Waals surface area contributed by atoms with Gasteiger partial charge in [0.1, 0.15) is 54.9 Å². The Labute approximate surface area is 444 Å². The van der Waals surface area contributed by atoms with Crippen LogP contribution in [0.15, 0.2) is 0 Å². The topological polar surface area (TPSA) is 214 Å². The molecule has 2 heterocycles. The van der Waals surface area contributed by atoms with Gasteiger partial charge in [-0.25, -0.2) is 0 Å². The van der Waals surface area contributed by atoms with Gasteiger partial charge in [-0.1, -0.05) is 251 Å². The molecule has 0 aromatic carbocycles. The van der Waals surface area contributed by atoms with Crippen LogP contribution in [0.2, 0.25) is 0 Å². The summed E-state index contributed by atoms with van der Waals surface area (Å²) in [7, 11) is 0. The molecule has 2 aliphatic rings. The van der Waals surface area contributed by atoms with Crippen molar-refractivity contribution in [3.63, 3.8) is 0 Å². The van der Waals surface area contributed by atoms with Crippen molar-refractivity contribution in [3.8, 4) is 0 Å². The molecule has 0 amide bonds. The summed E-state index contributed by atoms with van der Waals surface area (Å²) in [5, 5.41) is 72.4. The maximum absolute atomic E-state index is 13.1. The molecule has 7 N–H and O–H groups in total. The van der Waals surface area contributed by atoms with Crippen LogP contribution >= 0.6 is 0 Å². The molecule has 2 fully saturated rings. The number of ether oxygens (including phenoxy) is 6. The Bertz CT molecular complexity index is 1210. The molecular weight excluding hydrogens is 933 g/mol. The fourth-order valence-corrected chi connectivity index (χ4v) is 10.2.